The maximum absolute atomic E-state index is 10.9. The minimum atomic E-state index is -0.124. The molecule has 1 saturated heterocycles. The summed E-state index contributed by atoms with van der Waals surface area (Å²) >= 11 is 0. The topological polar surface area (TPSA) is 38.3 Å². The van der Waals surface area contributed by atoms with Crippen LogP contribution in [0.4, 0.5) is 0 Å². The number of piperidine rings is 1. The molecule has 0 aromatic heterocycles. The minimum Gasteiger partial charge on any atom is -0.462 e. The van der Waals surface area contributed by atoms with E-state index < -0.39 is 0 Å². The lowest BCUT2D eigenvalue weighted by atomic mass is 9.78. The van der Waals surface area contributed by atoms with Gasteiger partial charge in [-0.05, 0) is 25.8 Å². The van der Waals surface area contributed by atoms with Crippen molar-refractivity contribution in [1.29, 1.82) is 0 Å². The van der Waals surface area contributed by atoms with E-state index in [2.05, 4.69) is 5.32 Å². The van der Waals surface area contributed by atoms with E-state index in [0.717, 1.165) is 13.0 Å². The van der Waals surface area contributed by atoms with Gasteiger partial charge in [-0.2, -0.15) is 0 Å². The first kappa shape index (κ1) is 9.97. The predicted molar refractivity (Wildman–Crippen MR) is 53.9 cm³/mol. The molecule has 0 aromatic carbocycles. The zero-order valence-electron chi connectivity index (χ0n) is 8.79. The van der Waals surface area contributed by atoms with E-state index in [1.54, 1.807) is 0 Å². The van der Waals surface area contributed by atoms with Crippen molar-refractivity contribution < 1.29 is 9.53 Å². The average Bonchev–Trinajstić information content (AvgIpc) is 2.18. The van der Waals surface area contributed by atoms with Gasteiger partial charge >= 0.3 is 5.97 Å². The summed E-state index contributed by atoms with van der Waals surface area (Å²) in [6.45, 7) is 2.51. The number of nitrogens with one attached hydrogen (secondary N) is 1. The molecule has 1 aliphatic carbocycles. The van der Waals surface area contributed by atoms with E-state index in [9.17, 15) is 4.79 Å². The fourth-order valence-electron chi connectivity index (χ4n) is 2.84. The van der Waals surface area contributed by atoms with Crippen LogP contribution in [0.1, 0.15) is 39.0 Å². The molecule has 1 N–H and O–H groups in total. The molecule has 3 unspecified atom stereocenters. The second-order valence-corrected chi connectivity index (χ2v) is 4.45. The molecule has 3 heteroatoms. The molecule has 14 heavy (non-hydrogen) atoms. The zero-order chi connectivity index (χ0) is 9.97. The number of esters is 1. The van der Waals surface area contributed by atoms with Gasteiger partial charge in [-0.15, -0.1) is 0 Å². The maximum atomic E-state index is 10.9. The minimum absolute atomic E-state index is 0.124. The smallest absolute Gasteiger partial charge is 0.302 e. The molecule has 0 radical (unpaired) electrons. The molecule has 0 amide bonds. The Kier molecular flexibility index (Phi) is 3.06. The molecule has 1 heterocycles. The monoisotopic (exact) mass is 197 g/mol. The van der Waals surface area contributed by atoms with Gasteiger partial charge in [-0.3, -0.25) is 4.79 Å². The second-order valence-electron chi connectivity index (χ2n) is 4.45. The summed E-state index contributed by atoms with van der Waals surface area (Å²) in [6, 6.07) is 0.599. The quantitative estimate of drug-likeness (QED) is 0.647. The molecule has 2 aliphatic rings. The van der Waals surface area contributed by atoms with Gasteiger partial charge in [0.2, 0.25) is 0 Å². The van der Waals surface area contributed by atoms with E-state index in [4.69, 9.17) is 4.74 Å². The molecular weight excluding hydrogens is 178 g/mol. The molecule has 1 saturated carbocycles. The number of carbonyl (C=O) groups is 1. The van der Waals surface area contributed by atoms with E-state index in [1.807, 2.05) is 0 Å². The van der Waals surface area contributed by atoms with Gasteiger partial charge in [-0.25, -0.2) is 0 Å². The van der Waals surface area contributed by atoms with E-state index in [0.29, 0.717) is 12.0 Å². The lowest BCUT2D eigenvalue weighted by Crippen LogP contribution is -2.51. The van der Waals surface area contributed by atoms with Gasteiger partial charge in [-0.1, -0.05) is 12.8 Å². The lowest BCUT2D eigenvalue weighted by Gasteiger charge is -2.41. The predicted octanol–water partition coefficient (Wildman–Crippen LogP) is 1.47. The Morgan fingerprint density at radius 2 is 2.07 bits per heavy atom. The number of carbonyl (C=O) groups excluding carboxylic acids is 1. The molecule has 0 bridgehead atoms. The summed E-state index contributed by atoms with van der Waals surface area (Å²) in [5.41, 5.74) is 0. The maximum Gasteiger partial charge on any atom is 0.302 e. The van der Waals surface area contributed by atoms with Gasteiger partial charge in [0.25, 0.3) is 0 Å². The van der Waals surface area contributed by atoms with Gasteiger partial charge in [0.05, 0.1) is 0 Å². The van der Waals surface area contributed by atoms with Gasteiger partial charge in [0, 0.05) is 18.9 Å². The van der Waals surface area contributed by atoms with Crippen LogP contribution in [0, 0.1) is 5.92 Å². The zero-order valence-corrected chi connectivity index (χ0v) is 8.79. The highest BCUT2D eigenvalue weighted by Gasteiger charge is 2.36. The van der Waals surface area contributed by atoms with Crippen molar-refractivity contribution in [3.63, 3.8) is 0 Å². The Morgan fingerprint density at radius 1 is 1.29 bits per heavy atom. The van der Waals surface area contributed by atoms with Crippen LogP contribution in [-0.4, -0.2) is 24.7 Å². The molecule has 0 aromatic rings. The third-order valence-electron chi connectivity index (χ3n) is 3.45. The summed E-state index contributed by atoms with van der Waals surface area (Å²) in [4.78, 5) is 10.9. The van der Waals surface area contributed by atoms with Crippen molar-refractivity contribution in [2.45, 2.75) is 51.2 Å². The van der Waals surface area contributed by atoms with E-state index >= 15 is 0 Å². The fraction of sp³-hybridized carbons (Fsp3) is 0.909. The first-order valence-corrected chi connectivity index (χ1v) is 5.68. The molecule has 1 aliphatic heterocycles. The van der Waals surface area contributed by atoms with Crippen LogP contribution in [0.3, 0.4) is 0 Å². The van der Waals surface area contributed by atoms with Crippen LogP contribution in [0.25, 0.3) is 0 Å². The van der Waals surface area contributed by atoms with Gasteiger partial charge < -0.3 is 10.1 Å². The van der Waals surface area contributed by atoms with Gasteiger partial charge in [0.1, 0.15) is 6.10 Å². The normalized spacial score (nSPS) is 37.4. The van der Waals surface area contributed by atoms with Crippen LogP contribution >= 0.6 is 0 Å². The number of rotatable bonds is 1. The molecule has 80 valence electrons. The average molecular weight is 197 g/mol. The Balaban J connectivity index is 1.97. The summed E-state index contributed by atoms with van der Waals surface area (Å²) < 4.78 is 5.38. The summed E-state index contributed by atoms with van der Waals surface area (Å²) in [6.07, 6.45) is 6.25. The highest BCUT2D eigenvalue weighted by molar-refractivity contribution is 5.66. The SMILES string of the molecule is CC(=O)OC1CCNC2CCCCC21. The largest absolute Gasteiger partial charge is 0.462 e. The molecule has 2 fully saturated rings. The van der Waals surface area contributed by atoms with Crippen LogP contribution < -0.4 is 5.32 Å². The Hall–Kier alpha value is -0.570. The van der Waals surface area contributed by atoms with Gasteiger partial charge in [0.15, 0.2) is 0 Å². The molecular formula is C11H19NO2. The van der Waals surface area contributed by atoms with Crippen LogP contribution in [0.15, 0.2) is 0 Å². The third-order valence-corrected chi connectivity index (χ3v) is 3.45. The Bertz CT molecular complexity index is 215. The van der Waals surface area contributed by atoms with Crippen molar-refractivity contribution in [1.82, 2.24) is 5.32 Å². The number of hydrogen-bond donors (Lipinski definition) is 1. The van der Waals surface area contributed by atoms with Crippen molar-refractivity contribution >= 4 is 5.97 Å². The lowest BCUT2D eigenvalue weighted by molar-refractivity contribution is -0.152. The summed E-state index contributed by atoms with van der Waals surface area (Å²) in [7, 11) is 0. The summed E-state index contributed by atoms with van der Waals surface area (Å²) in [5.74, 6) is 0.447. The highest BCUT2D eigenvalue weighted by Crippen LogP contribution is 2.32. The van der Waals surface area contributed by atoms with Crippen LogP contribution in [0.2, 0.25) is 0 Å². The first-order valence-electron chi connectivity index (χ1n) is 5.68. The van der Waals surface area contributed by atoms with E-state index in [-0.39, 0.29) is 12.1 Å². The second kappa shape index (κ2) is 4.30. The molecule has 3 atom stereocenters. The number of hydrogen-bond acceptors (Lipinski definition) is 3. The molecule has 0 spiro atoms. The third kappa shape index (κ3) is 2.08. The Labute approximate surface area is 85.2 Å². The van der Waals surface area contributed by atoms with Crippen LogP contribution in [0.5, 0.6) is 0 Å². The van der Waals surface area contributed by atoms with Crippen molar-refractivity contribution in [3.8, 4) is 0 Å². The van der Waals surface area contributed by atoms with Crippen molar-refractivity contribution in [3.05, 3.63) is 0 Å². The number of fused-ring (bicyclic) bond motifs is 1. The van der Waals surface area contributed by atoms with Crippen LogP contribution in [-0.2, 0) is 9.53 Å². The number of ether oxygens (including phenoxy) is 1. The summed E-state index contributed by atoms with van der Waals surface area (Å²) in [5, 5.41) is 3.53. The Morgan fingerprint density at radius 3 is 2.86 bits per heavy atom. The highest BCUT2D eigenvalue weighted by atomic mass is 16.5. The molecule has 3 nitrogen and oxygen atoms in total. The van der Waals surface area contributed by atoms with E-state index in [1.165, 1.54) is 32.6 Å². The fourth-order valence-corrected chi connectivity index (χ4v) is 2.84. The van der Waals surface area contributed by atoms with Crippen molar-refractivity contribution in [2.75, 3.05) is 6.54 Å². The molecule has 2 rings (SSSR count). The standard InChI is InChI=1S/C11H19NO2/c1-8(13)14-11-6-7-12-10-5-3-2-4-9(10)11/h9-12H,2-7H2,1H3. The van der Waals surface area contributed by atoms with Crippen molar-refractivity contribution in [2.24, 2.45) is 5.92 Å². The first-order chi connectivity index (χ1) is 6.77.